The van der Waals surface area contributed by atoms with E-state index in [1.165, 1.54) is 38.5 Å². The lowest BCUT2D eigenvalue weighted by molar-refractivity contribution is -0.162. The summed E-state index contributed by atoms with van der Waals surface area (Å²) in [4.78, 5) is 37.1. The first-order chi connectivity index (χ1) is 16.7. The largest absolute Gasteiger partial charge is 0.465 e. The van der Waals surface area contributed by atoms with E-state index in [0.717, 1.165) is 49.9 Å². The van der Waals surface area contributed by atoms with Crippen molar-refractivity contribution in [2.24, 2.45) is 46.8 Å². The summed E-state index contributed by atoms with van der Waals surface area (Å²) in [6.45, 7) is 11.0. The van der Waals surface area contributed by atoms with Gasteiger partial charge in [0.1, 0.15) is 5.78 Å². The fourth-order valence-corrected chi connectivity index (χ4v) is 8.16. The fraction of sp³-hybridized carbons (Fsp3) is 0.900. The Morgan fingerprint density at radius 2 is 1.71 bits per heavy atom. The number of hydrogen-bond donors (Lipinski definition) is 0. The number of Topliss-reactive ketones (excluding diaryl/α,β-unsaturated/α-hetero) is 1. The second-order valence-electron chi connectivity index (χ2n) is 12.0. The average Bonchev–Trinajstić information content (AvgIpc) is 2.83. The molecule has 5 unspecified atom stereocenters. The van der Waals surface area contributed by atoms with Gasteiger partial charge in [-0.3, -0.25) is 14.4 Å². The van der Waals surface area contributed by atoms with Crippen LogP contribution in [0.3, 0.4) is 0 Å². The molecule has 0 aliphatic heterocycles. The quantitative estimate of drug-likeness (QED) is 0.236. The van der Waals surface area contributed by atoms with Crippen LogP contribution in [-0.2, 0) is 23.9 Å². The molecule has 0 amide bonds. The third-order valence-electron chi connectivity index (χ3n) is 10.2. The molecule has 0 radical (unpaired) electrons. The predicted octanol–water partition coefficient (Wildman–Crippen LogP) is 6.76. The highest BCUT2D eigenvalue weighted by molar-refractivity contribution is 5.94. The van der Waals surface area contributed by atoms with Crippen LogP contribution in [-0.4, -0.2) is 30.9 Å². The summed E-state index contributed by atoms with van der Waals surface area (Å²) in [6.07, 6.45) is 13.2. The minimum absolute atomic E-state index is 0.260. The number of carbonyl (C=O) groups is 3. The maximum atomic E-state index is 12.5. The minimum Gasteiger partial charge on any atom is -0.465 e. The second kappa shape index (κ2) is 12.7. The summed E-state index contributed by atoms with van der Waals surface area (Å²) in [5, 5.41) is 0. The van der Waals surface area contributed by atoms with Crippen molar-refractivity contribution in [2.45, 2.75) is 112 Å². The van der Waals surface area contributed by atoms with E-state index in [4.69, 9.17) is 9.47 Å². The molecule has 5 nitrogen and oxygen atoms in total. The van der Waals surface area contributed by atoms with Crippen molar-refractivity contribution in [2.75, 3.05) is 13.2 Å². The summed E-state index contributed by atoms with van der Waals surface area (Å²) in [6, 6.07) is 0. The molecule has 0 spiro atoms. The molecule has 0 N–H and O–H groups in total. The smallest absolute Gasteiger partial charge is 0.320 e. The average molecular weight is 491 g/mol. The highest BCUT2D eigenvalue weighted by Gasteiger charge is 2.52. The predicted molar refractivity (Wildman–Crippen MR) is 138 cm³/mol. The number of ketones is 1. The molecule has 0 saturated heterocycles. The molecular formula is C30H50O5. The number of esters is 2. The lowest BCUT2D eigenvalue weighted by Gasteiger charge is -2.57. The molecule has 3 aliphatic rings. The van der Waals surface area contributed by atoms with Gasteiger partial charge in [0.25, 0.3) is 0 Å². The van der Waals surface area contributed by atoms with Gasteiger partial charge in [-0.2, -0.15) is 0 Å². The van der Waals surface area contributed by atoms with Crippen molar-refractivity contribution in [1.29, 1.82) is 0 Å². The number of ether oxygens (including phenoxy) is 2. The van der Waals surface area contributed by atoms with Gasteiger partial charge in [0.15, 0.2) is 5.92 Å². The van der Waals surface area contributed by atoms with E-state index >= 15 is 0 Å². The summed E-state index contributed by atoms with van der Waals surface area (Å²) < 4.78 is 10.4. The van der Waals surface area contributed by atoms with Crippen LogP contribution < -0.4 is 0 Å². The van der Waals surface area contributed by atoms with Gasteiger partial charge in [-0.25, -0.2) is 0 Å². The summed E-state index contributed by atoms with van der Waals surface area (Å²) in [5.41, 5.74) is 0.361. The Morgan fingerprint density at radius 1 is 1.03 bits per heavy atom. The normalized spacial score (nSPS) is 32.3. The van der Waals surface area contributed by atoms with Gasteiger partial charge in [-0.15, -0.1) is 0 Å². The number of carbonyl (C=O) groups excluding carboxylic acids is 3. The van der Waals surface area contributed by atoms with Crippen molar-refractivity contribution in [1.82, 2.24) is 0 Å². The van der Waals surface area contributed by atoms with E-state index in [1.807, 2.05) is 0 Å². The third kappa shape index (κ3) is 6.49. The van der Waals surface area contributed by atoms with Crippen molar-refractivity contribution in [3.05, 3.63) is 0 Å². The molecule has 0 bridgehead atoms. The molecular weight excluding hydrogens is 440 g/mol. The molecule has 5 heteroatoms. The van der Waals surface area contributed by atoms with Crippen molar-refractivity contribution >= 4 is 17.7 Å². The lowest BCUT2D eigenvalue weighted by atomic mass is 9.48. The molecule has 3 fully saturated rings. The summed E-state index contributed by atoms with van der Waals surface area (Å²) in [5.74, 6) is 2.49. The standard InChI is InChI=1S/C30H50O5/c1-6-21(20(4)18-26(28(32)34-7-2)29(33)35-8-3)12-13-22-10-9-11-27-25(22)15-14-23-19-24(31)16-17-30(23,27)5/h20-23,25-27H,6-19H2,1-5H3/t20-,21-,22?,23?,25?,27?,30?/m1/s1. The Balaban J connectivity index is 1.61. The number of rotatable bonds is 11. The van der Waals surface area contributed by atoms with E-state index in [2.05, 4.69) is 20.8 Å². The topological polar surface area (TPSA) is 69.7 Å². The zero-order chi connectivity index (χ0) is 25.6. The van der Waals surface area contributed by atoms with Crippen LogP contribution in [0, 0.1) is 46.8 Å². The Bertz CT molecular complexity index is 714. The van der Waals surface area contributed by atoms with Crippen LogP contribution in [0.2, 0.25) is 0 Å². The Hall–Kier alpha value is -1.39. The Labute approximate surface area is 213 Å². The van der Waals surface area contributed by atoms with E-state index in [0.29, 0.717) is 29.5 Å². The van der Waals surface area contributed by atoms with Crippen LogP contribution in [0.1, 0.15) is 112 Å². The molecule has 0 aromatic rings. The van der Waals surface area contributed by atoms with Crippen LogP contribution in [0.25, 0.3) is 0 Å². The highest BCUT2D eigenvalue weighted by atomic mass is 16.6. The van der Waals surface area contributed by atoms with Crippen molar-refractivity contribution < 1.29 is 23.9 Å². The Morgan fingerprint density at radius 3 is 2.34 bits per heavy atom. The van der Waals surface area contributed by atoms with Crippen LogP contribution in [0.4, 0.5) is 0 Å². The zero-order valence-corrected chi connectivity index (χ0v) is 23.0. The highest BCUT2D eigenvalue weighted by Crippen LogP contribution is 2.60. The third-order valence-corrected chi connectivity index (χ3v) is 10.2. The van der Waals surface area contributed by atoms with Gasteiger partial charge in [0, 0.05) is 12.8 Å². The summed E-state index contributed by atoms with van der Waals surface area (Å²) in [7, 11) is 0. The van der Waals surface area contributed by atoms with Gasteiger partial charge in [-0.05, 0) is 99.7 Å². The van der Waals surface area contributed by atoms with E-state index in [-0.39, 0.29) is 19.1 Å². The molecule has 0 heterocycles. The van der Waals surface area contributed by atoms with E-state index in [1.54, 1.807) is 13.8 Å². The maximum Gasteiger partial charge on any atom is 0.320 e. The van der Waals surface area contributed by atoms with Crippen LogP contribution in [0.5, 0.6) is 0 Å². The lowest BCUT2D eigenvalue weighted by Crippen LogP contribution is -2.50. The molecule has 200 valence electrons. The van der Waals surface area contributed by atoms with Crippen molar-refractivity contribution in [3.8, 4) is 0 Å². The van der Waals surface area contributed by atoms with Gasteiger partial charge in [0.2, 0.25) is 0 Å². The molecule has 3 saturated carbocycles. The van der Waals surface area contributed by atoms with E-state index < -0.39 is 17.9 Å². The fourth-order valence-electron chi connectivity index (χ4n) is 8.16. The maximum absolute atomic E-state index is 12.5. The van der Waals surface area contributed by atoms with Gasteiger partial charge >= 0.3 is 11.9 Å². The second-order valence-corrected chi connectivity index (χ2v) is 12.0. The van der Waals surface area contributed by atoms with Gasteiger partial charge < -0.3 is 9.47 Å². The first-order valence-corrected chi connectivity index (χ1v) is 14.6. The number of hydrogen-bond acceptors (Lipinski definition) is 5. The molecule has 35 heavy (non-hydrogen) atoms. The van der Waals surface area contributed by atoms with Gasteiger partial charge in [0.05, 0.1) is 13.2 Å². The molecule has 7 atom stereocenters. The SMILES string of the molecule is CCOC(=O)C(C[C@@H](C)[C@H](CC)CCC1CCCC2C1CCC1CC(=O)CCC12C)C(=O)OCC. The molecule has 3 rings (SSSR count). The zero-order valence-electron chi connectivity index (χ0n) is 23.0. The monoisotopic (exact) mass is 490 g/mol. The number of fused-ring (bicyclic) bond motifs is 3. The van der Waals surface area contributed by atoms with Crippen LogP contribution in [0.15, 0.2) is 0 Å². The first kappa shape index (κ1) is 28.2. The molecule has 3 aliphatic carbocycles. The molecule has 0 aromatic heterocycles. The van der Waals surface area contributed by atoms with E-state index in [9.17, 15) is 14.4 Å². The van der Waals surface area contributed by atoms with Crippen molar-refractivity contribution in [3.63, 3.8) is 0 Å². The summed E-state index contributed by atoms with van der Waals surface area (Å²) >= 11 is 0. The molecule has 0 aromatic carbocycles. The minimum atomic E-state index is -0.817. The van der Waals surface area contributed by atoms with Gasteiger partial charge in [-0.1, -0.05) is 40.0 Å². The first-order valence-electron chi connectivity index (χ1n) is 14.6. The van der Waals surface area contributed by atoms with Crippen LogP contribution >= 0.6 is 0 Å². The Kier molecular flexibility index (Phi) is 10.2.